The van der Waals surface area contributed by atoms with Gasteiger partial charge < -0.3 is 4.90 Å². The molecule has 1 aromatic rings. The van der Waals surface area contributed by atoms with E-state index in [0.717, 1.165) is 37.3 Å². The van der Waals surface area contributed by atoms with Crippen molar-refractivity contribution in [3.8, 4) is 0 Å². The number of amides is 1. The van der Waals surface area contributed by atoms with Gasteiger partial charge in [0, 0.05) is 25.3 Å². The molecule has 0 saturated carbocycles. The third kappa shape index (κ3) is 2.35. The van der Waals surface area contributed by atoms with E-state index in [4.69, 9.17) is 0 Å². The minimum Gasteiger partial charge on any atom is -0.338 e. The standard InChI is InChI=1S/C13H21N3O/c1-4-16-11(3)12(8-14-16)13(17)15-7-5-6-10(2)9-15/h8,10H,4-7,9H2,1-3H3. The van der Waals surface area contributed by atoms with E-state index in [0.29, 0.717) is 5.92 Å². The average molecular weight is 235 g/mol. The van der Waals surface area contributed by atoms with Crippen LogP contribution in [0.2, 0.25) is 0 Å². The molecule has 0 bridgehead atoms. The maximum absolute atomic E-state index is 12.4. The summed E-state index contributed by atoms with van der Waals surface area (Å²) in [6, 6.07) is 0. The summed E-state index contributed by atoms with van der Waals surface area (Å²) in [7, 11) is 0. The quantitative estimate of drug-likeness (QED) is 0.787. The highest BCUT2D eigenvalue weighted by atomic mass is 16.2. The van der Waals surface area contributed by atoms with E-state index in [2.05, 4.69) is 12.0 Å². The van der Waals surface area contributed by atoms with Crippen LogP contribution in [0.3, 0.4) is 0 Å². The molecule has 1 aliphatic rings. The number of rotatable bonds is 2. The molecular weight excluding hydrogens is 214 g/mol. The summed E-state index contributed by atoms with van der Waals surface area (Å²) in [5, 5.41) is 4.24. The maximum atomic E-state index is 12.4. The number of hydrogen-bond donors (Lipinski definition) is 0. The highest BCUT2D eigenvalue weighted by Crippen LogP contribution is 2.19. The number of piperidine rings is 1. The molecule has 1 saturated heterocycles. The predicted molar refractivity (Wildman–Crippen MR) is 66.9 cm³/mol. The third-order valence-electron chi connectivity index (χ3n) is 3.58. The van der Waals surface area contributed by atoms with Gasteiger partial charge in [-0.2, -0.15) is 5.10 Å². The van der Waals surface area contributed by atoms with Crippen LogP contribution >= 0.6 is 0 Å². The number of likely N-dealkylation sites (tertiary alicyclic amines) is 1. The van der Waals surface area contributed by atoms with Gasteiger partial charge in [0.2, 0.25) is 0 Å². The van der Waals surface area contributed by atoms with E-state index in [-0.39, 0.29) is 5.91 Å². The summed E-state index contributed by atoms with van der Waals surface area (Å²) in [6.07, 6.45) is 4.06. The lowest BCUT2D eigenvalue weighted by Gasteiger charge is -2.30. The van der Waals surface area contributed by atoms with Crippen molar-refractivity contribution < 1.29 is 4.79 Å². The Balaban J connectivity index is 2.16. The monoisotopic (exact) mass is 235 g/mol. The first-order valence-corrected chi connectivity index (χ1v) is 6.45. The summed E-state index contributed by atoms with van der Waals surface area (Å²) in [5.74, 6) is 0.767. The number of nitrogens with zero attached hydrogens (tertiary/aromatic N) is 3. The molecule has 1 aliphatic heterocycles. The molecule has 94 valence electrons. The van der Waals surface area contributed by atoms with Crippen molar-refractivity contribution in [1.29, 1.82) is 0 Å². The Bertz CT molecular complexity index is 411. The van der Waals surface area contributed by atoms with Crippen molar-refractivity contribution >= 4 is 5.91 Å². The summed E-state index contributed by atoms with van der Waals surface area (Å²) < 4.78 is 1.88. The van der Waals surface area contributed by atoms with Gasteiger partial charge >= 0.3 is 0 Å². The third-order valence-corrected chi connectivity index (χ3v) is 3.58. The number of aryl methyl sites for hydroxylation is 1. The Kier molecular flexibility index (Phi) is 3.50. The number of carbonyl (C=O) groups is 1. The second-order valence-electron chi connectivity index (χ2n) is 4.96. The summed E-state index contributed by atoms with van der Waals surface area (Å²) >= 11 is 0. The molecule has 0 aliphatic carbocycles. The van der Waals surface area contributed by atoms with E-state index < -0.39 is 0 Å². The predicted octanol–water partition coefficient (Wildman–Crippen LogP) is 2.08. The number of carbonyl (C=O) groups excluding carboxylic acids is 1. The SMILES string of the molecule is CCn1ncc(C(=O)N2CCCC(C)C2)c1C. The zero-order valence-corrected chi connectivity index (χ0v) is 10.9. The Labute approximate surface area is 103 Å². The fourth-order valence-electron chi connectivity index (χ4n) is 2.52. The number of aromatic nitrogens is 2. The molecule has 2 heterocycles. The van der Waals surface area contributed by atoms with Crippen LogP contribution in [0.4, 0.5) is 0 Å². The van der Waals surface area contributed by atoms with Crippen molar-refractivity contribution in [2.24, 2.45) is 5.92 Å². The molecule has 1 amide bonds. The molecule has 2 rings (SSSR count). The van der Waals surface area contributed by atoms with E-state index in [1.54, 1.807) is 6.20 Å². The van der Waals surface area contributed by atoms with Crippen LogP contribution in [0, 0.1) is 12.8 Å². The molecule has 1 unspecified atom stereocenters. The first-order valence-electron chi connectivity index (χ1n) is 6.45. The first kappa shape index (κ1) is 12.1. The second kappa shape index (κ2) is 4.90. The lowest BCUT2D eigenvalue weighted by atomic mass is 9.99. The summed E-state index contributed by atoms with van der Waals surface area (Å²) in [5.41, 5.74) is 1.75. The zero-order valence-electron chi connectivity index (χ0n) is 10.9. The Morgan fingerprint density at radius 3 is 2.94 bits per heavy atom. The molecule has 1 aromatic heterocycles. The lowest BCUT2D eigenvalue weighted by molar-refractivity contribution is 0.0682. The lowest BCUT2D eigenvalue weighted by Crippen LogP contribution is -2.39. The van der Waals surface area contributed by atoms with Gasteiger partial charge in [0.25, 0.3) is 5.91 Å². The Morgan fingerprint density at radius 1 is 1.59 bits per heavy atom. The minimum absolute atomic E-state index is 0.147. The summed E-state index contributed by atoms with van der Waals surface area (Å²) in [4.78, 5) is 14.3. The van der Waals surface area contributed by atoms with Gasteiger partial charge in [-0.25, -0.2) is 0 Å². The highest BCUT2D eigenvalue weighted by Gasteiger charge is 2.24. The van der Waals surface area contributed by atoms with Crippen LogP contribution in [0.5, 0.6) is 0 Å². The van der Waals surface area contributed by atoms with Gasteiger partial charge in [-0.1, -0.05) is 6.92 Å². The molecule has 0 radical (unpaired) electrons. The van der Waals surface area contributed by atoms with Gasteiger partial charge in [-0.05, 0) is 32.6 Å². The van der Waals surface area contributed by atoms with E-state index in [1.165, 1.54) is 6.42 Å². The van der Waals surface area contributed by atoms with Gasteiger partial charge in [-0.15, -0.1) is 0 Å². The van der Waals surface area contributed by atoms with Crippen molar-refractivity contribution in [3.05, 3.63) is 17.5 Å². The van der Waals surface area contributed by atoms with E-state index in [1.807, 2.05) is 23.4 Å². The smallest absolute Gasteiger partial charge is 0.257 e. The molecule has 1 fully saturated rings. The zero-order chi connectivity index (χ0) is 12.4. The fraction of sp³-hybridized carbons (Fsp3) is 0.692. The van der Waals surface area contributed by atoms with Gasteiger partial charge in [0.05, 0.1) is 11.8 Å². The largest absolute Gasteiger partial charge is 0.338 e. The molecule has 1 atom stereocenters. The van der Waals surface area contributed by atoms with Crippen LogP contribution in [0.25, 0.3) is 0 Å². The minimum atomic E-state index is 0.147. The Hall–Kier alpha value is -1.32. The van der Waals surface area contributed by atoms with Crippen molar-refractivity contribution in [3.63, 3.8) is 0 Å². The van der Waals surface area contributed by atoms with E-state index >= 15 is 0 Å². The van der Waals surface area contributed by atoms with Gasteiger partial charge in [0.1, 0.15) is 0 Å². The molecular formula is C13H21N3O. The van der Waals surface area contributed by atoms with Crippen LogP contribution in [0.1, 0.15) is 42.7 Å². The van der Waals surface area contributed by atoms with Crippen LogP contribution in [-0.2, 0) is 6.54 Å². The molecule has 0 spiro atoms. The number of hydrogen-bond acceptors (Lipinski definition) is 2. The average Bonchev–Trinajstić information content (AvgIpc) is 2.69. The molecule has 0 aromatic carbocycles. The van der Waals surface area contributed by atoms with Gasteiger partial charge in [0.15, 0.2) is 0 Å². The van der Waals surface area contributed by atoms with Crippen molar-refractivity contribution in [1.82, 2.24) is 14.7 Å². The van der Waals surface area contributed by atoms with Gasteiger partial charge in [-0.3, -0.25) is 9.48 Å². The van der Waals surface area contributed by atoms with Crippen molar-refractivity contribution in [2.45, 2.75) is 40.2 Å². The molecule has 17 heavy (non-hydrogen) atoms. The molecule has 0 N–H and O–H groups in total. The van der Waals surface area contributed by atoms with Crippen LogP contribution < -0.4 is 0 Å². The van der Waals surface area contributed by atoms with Crippen LogP contribution in [-0.4, -0.2) is 33.7 Å². The Morgan fingerprint density at radius 2 is 2.35 bits per heavy atom. The fourth-order valence-corrected chi connectivity index (χ4v) is 2.52. The van der Waals surface area contributed by atoms with Crippen LogP contribution in [0.15, 0.2) is 6.20 Å². The topological polar surface area (TPSA) is 38.1 Å². The van der Waals surface area contributed by atoms with E-state index in [9.17, 15) is 4.79 Å². The highest BCUT2D eigenvalue weighted by molar-refractivity contribution is 5.95. The maximum Gasteiger partial charge on any atom is 0.257 e. The second-order valence-corrected chi connectivity index (χ2v) is 4.96. The molecule has 4 heteroatoms. The normalized spacial score (nSPS) is 20.6. The molecule has 4 nitrogen and oxygen atoms in total. The summed E-state index contributed by atoms with van der Waals surface area (Å²) in [6.45, 7) is 8.81. The first-order chi connectivity index (χ1) is 8.13. The van der Waals surface area contributed by atoms with Crippen molar-refractivity contribution in [2.75, 3.05) is 13.1 Å².